The number of nitrogens with zero attached hydrogens (tertiary/aromatic N) is 1. The van der Waals surface area contributed by atoms with E-state index in [4.69, 9.17) is 0 Å². The molecule has 0 aromatic carbocycles. The van der Waals surface area contributed by atoms with E-state index in [-0.39, 0.29) is 0 Å². The van der Waals surface area contributed by atoms with Crippen molar-refractivity contribution in [3.8, 4) is 0 Å². The zero-order valence-corrected chi connectivity index (χ0v) is 7.29. The molecule has 10 heavy (non-hydrogen) atoms. The first-order valence-corrected chi connectivity index (χ1v) is 3.72. The SMILES string of the molecule is Cn1cccc(C=O)c1=[Se]. The van der Waals surface area contributed by atoms with Crippen LogP contribution < -0.4 is 0 Å². The zero-order chi connectivity index (χ0) is 7.56. The van der Waals surface area contributed by atoms with Crippen LogP contribution in [-0.2, 0) is 7.05 Å². The predicted octanol–water partition coefficient (Wildman–Crippen LogP) is 0.538. The van der Waals surface area contributed by atoms with Gasteiger partial charge in [-0.2, -0.15) is 0 Å². The maximum absolute atomic E-state index is 10.3. The van der Waals surface area contributed by atoms with Gasteiger partial charge in [0.15, 0.2) is 0 Å². The van der Waals surface area contributed by atoms with Gasteiger partial charge in [-0.15, -0.1) is 0 Å². The molecule has 52 valence electrons. The standard InChI is InChI=1S/C7H7NOSe/c1-8-4-2-3-6(5-9)7(8)10/h2-5H,1H3. The second kappa shape index (κ2) is 2.95. The molecule has 1 aromatic heterocycles. The van der Waals surface area contributed by atoms with Crippen molar-refractivity contribution >= 4 is 21.9 Å². The fourth-order valence-corrected chi connectivity index (χ4v) is 1.08. The molecule has 0 aliphatic heterocycles. The number of pyridine rings is 1. The molecule has 3 heteroatoms. The van der Waals surface area contributed by atoms with Gasteiger partial charge in [-0.3, -0.25) is 0 Å². The van der Waals surface area contributed by atoms with E-state index in [2.05, 4.69) is 15.6 Å². The summed E-state index contributed by atoms with van der Waals surface area (Å²) in [6.45, 7) is 0. The van der Waals surface area contributed by atoms with E-state index in [0.717, 1.165) is 10.5 Å². The fraction of sp³-hybridized carbons (Fsp3) is 0.143. The number of rotatable bonds is 1. The van der Waals surface area contributed by atoms with E-state index in [1.54, 1.807) is 6.07 Å². The van der Waals surface area contributed by atoms with Crippen LogP contribution in [0.3, 0.4) is 0 Å². The van der Waals surface area contributed by atoms with E-state index in [1.807, 2.05) is 23.9 Å². The molecular formula is C7H7NOSe. The molecule has 0 radical (unpaired) electrons. The van der Waals surface area contributed by atoms with Crippen molar-refractivity contribution in [2.45, 2.75) is 0 Å². The average molecular weight is 200 g/mol. The van der Waals surface area contributed by atoms with E-state index in [1.165, 1.54) is 0 Å². The third kappa shape index (κ3) is 1.25. The Labute approximate surface area is 66.9 Å². The monoisotopic (exact) mass is 201 g/mol. The quantitative estimate of drug-likeness (QED) is 0.479. The minimum absolute atomic E-state index is 0.699. The summed E-state index contributed by atoms with van der Waals surface area (Å²) < 4.78 is 2.74. The molecule has 0 aliphatic rings. The number of hydrogen-bond acceptors (Lipinski definition) is 1. The molecule has 0 saturated carbocycles. The van der Waals surface area contributed by atoms with Gasteiger partial charge in [0, 0.05) is 0 Å². The summed E-state index contributed by atoms with van der Waals surface area (Å²) in [4.78, 5) is 10.3. The summed E-state index contributed by atoms with van der Waals surface area (Å²) in [5.74, 6) is 0. The van der Waals surface area contributed by atoms with Gasteiger partial charge in [0.25, 0.3) is 0 Å². The van der Waals surface area contributed by atoms with Gasteiger partial charge in [0.2, 0.25) is 0 Å². The van der Waals surface area contributed by atoms with Crippen LogP contribution in [-0.4, -0.2) is 26.4 Å². The van der Waals surface area contributed by atoms with E-state index >= 15 is 0 Å². The second-order valence-electron chi connectivity index (χ2n) is 2.00. The van der Waals surface area contributed by atoms with Crippen molar-refractivity contribution in [3.63, 3.8) is 0 Å². The molecule has 0 unspecified atom stereocenters. The van der Waals surface area contributed by atoms with Crippen molar-refractivity contribution in [2.75, 3.05) is 0 Å². The summed E-state index contributed by atoms with van der Waals surface area (Å²) in [6, 6.07) is 3.61. The van der Waals surface area contributed by atoms with Gasteiger partial charge < -0.3 is 0 Å². The Morgan fingerprint density at radius 3 is 2.90 bits per heavy atom. The third-order valence-corrected chi connectivity index (χ3v) is 2.38. The molecule has 2 nitrogen and oxygen atoms in total. The molecule has 1 aromatic rings. The summed E-state index contributed by atoms with van der Waals surface area (Å²) >= 11 is 2.82. The topological polar surface area (TPSA) is 22.0 Å². The molecule has 0 spiro atoms. The number of aryl methyl sites for hydroxylation is 1. The molecule has 0 aliphatic carbocycles. The zero-order valence-electron chi connectivity index (χ0n) is 5.57. The van der Waals surface area contributed by atoms with Gasteiger partial charge in [0.05, 0.1) is 0 Å². The van der Waals surface area contributed by atoms with Crippen molar-refractivity contribution in [3.05, 3.63) is 28.1 Å². The van der Waals surface area contributed by atoms with E-state index in [0.29, 0.717) is 5.56 Å². The molecule has 0 N–H and O–H groups in total. The first-order chi connectivity index (χ1) is 4.75. The fourth-order valence-electron chi connectivity index (χ4n) is 0.708. The second-order valence-corrected chi connectivity index (χ2v) is 2.81. The first-order valence-electron chi connectivity index (χ1n) is 2.86. The molecule has 0 amide bonds. The summed E-state index contributed by atoms with van der Waals surface area (Å²) in [5, 5.41) is 0. The van der Waals surface area contributed by atoms with Crippen molar-refractivity contribution in [2.24, 2.45) is 7.05 Å². The Balaban J connectivity index is 3.42. The maximum atomic E-state index is 10.3. The van der Waals surface area contributed by atoms with Crippen LogP contribution in [0, 0.1) is 4.19 Å². The minimum atomic E-state index is 0.699. The van der Waals surface area contributed by atoms with Gasteiger partial charge >= 0.3 is 66.4 Å². The third-order valence-electron chi connectivity index (χ3n) is 1.28. The average Bonchev–Trinajstić information content (AvgIpc) is 1.95. The Bertz CT molecular complexity index is 303. The van der Waals surface area contributed by atoms with Crippen molar-refractivity contribution in [1.82, 2.24) is 4.57 Å². The molecule has 0 atom stereocenters. The number of carbonyl (C=O) groups is 1. The van der Waals surface area contributed by atoms with Crippen LogP contribution in [0.4, 0.5) is 0 Å². The van der Waals surface area contributed by atoms with Gasteiger partial charge in [-0.25, -0.2) is 0 Å². The van der Waals surface area contributed by atoms with Gasteiger partial charge in [-0.1, -0.05) is 0 Å². The van der Waals surface area contributed by atoms with Crippen LogP contribution in [0.15, 0.2) is 18.3 Å². The van der Waals surface area contributed by atoms with Crippen molar-refractivity contribution < 1.29 is 4.79 Å². The molecular weight excluding hydrogens is 193 g/mol. The number of hydrogen-bond donors (Lipinski definition) is 0. The molecule has 0 bridgehead atoms. The van der Waals surface area contributed by atoms with Crippen molar-refractivity contribution in [1.29, 1.82) is 0 Å². The first kappa shape index (κ1) is 7.45. The van der Waals surface area contributed by atoms with E-state index in [9.17, 15) is 4.79 Å². The van der Waals surface area contributed by atoms with E-state index < -0.39 is 0 Å². The van der Waals surface area contributed by atoms with Crippen LogP contribution in [0.2, 0.25) is 0 Å². The Morgan fingerprint density at radius 1 is 1.70 bits per heavy atom. The number of aldehydes is 1. The Morgan fingerprint density at radius 2 is 2.40 bits per heavy atom. The molecule has 0 fully saturated rings. The van der Waals surface area contributed by atoms with Gasteiger partial charge in [0.1, 0.15) is 0 Å². The number of carbonyl (C=O) groups excluding carboxylic acids is 1. The van der Waals surface area contributed by atoms with Crippen LogP contribution >= 0.6 is 0 Å². The van der Waals surface area contributed by atoms with Crippen LogP contribution in [0.1, 0.15) is 10.4 Å². The summed E-state index contributed by atoms with van der Waals surface area (Å²) in [5.41, 5.74) is 0.699. The normalized spacial score (nSPS) is 9.30. The summed E-state index contributed by atoms with van der Waals surface area (Å²) in [6.07, 6.45) is 2.73. The Kier molecular flexibility index (Phi) is 2.20. The van der Waals surface area contributed by atoms with Crippen LogP contribution in [0.25, 0.3) is 0 Å². The molecule has 0 saturated heterocycles. The number of aromatic nitrogens is 1. The Hall–Kier alpha value is -0.661. The molecule has 1 rings (SSSR count). The van der Waals surface area contributed by atoms with Gasteiger partial charge in [-0.05, 0) is 0 Å². The summed E-state index contributed by atoms with van der Waals surface area (Å²) in [7, 11) is 1.89. The van der Waals surface area contributed by atoms with Crippen LogP contribution in [0.5, 0.6) is 0 Å². The predicted molar refractivity (Wildman–Crippen MR) is 39.8 cm³/mol. The molecule has 1 heterocycles.